The van der Waals surface area contributed by atoms with Crippen molar-refractivity contribution in [2.24, 2.45) is 0 Å². The van der Waals surface area contributed by atoms with Gasteiger partial charge in [0.2, 0.25) is 0 Å². The van der Waals surface area contributed by atoms with Gasteiger partial charge in [-0.25, -0.2) is 9.80 Å². The molecular formula is C13H16N2O4. The van der Waals surface area contributed by atoms with Crippen molar-refractivity contribution in [1.82, 2.24) is 10.4 Å². The van der Waals surface area contributed by atoms with Crippen molar-refractivity contribution in [1.29, 1.82) is 0 Å². The first-order chi connectivity index (χ1) is 9.16. The van der Waals surface area contributed by atoms with Gasteiger partial charge in [-0.2, -0.15) is 0 Å². The first-order valence-corrected chi connectivity index (χ1v) is 6.13. The van der Waals surface area contributed by atoms with Gasteiger partial charge in [-0.1, -0.05) is 30.3 Å². The molecule has 1 unspecified atom stereocenters. The Hall–Kier alpha value is -2.08. The molecule has 1 fully saturated rings. The van der Waals surface area contributed by atoms with E-state index in [1.54, 1.807) is 0 Å². The van der Waals surface area contributed by atoms with Gasteiger partial charge in [-0.15, -0.1) is 0 Å². The first kappa shape index (κ1) is 13.4. The molecule has 0 spiro atoms. The van der Waals surface area contributed by atoms with Crippen molar-refractivity contribution < 1.29 is 19.4 Å². The summed E-state index contributed by atoms with van der Waals surface area (Å²) in [5.41, 5.74) is 3.36. The molecule has 1 aromatic carbocycles. The third-order valence-corrected chi connectivity index (χ3v) is 2.99. The fraction of sp³-hybridized carbons (Fsp3) is 0.385. The molecule has 0 radical (unpaired) electrons. The van der Waals surface area contributed by atoms with E-state index in [9.17, 15) is 9.59 Å². The van der Waals surface area contributed by atoms with Crippen LogP contribution >= 0.6 is 0 Å². The normalized spacial score (nSPS) is 19.1. The number of carbonyl (C=O) groups is 2. The van der Waals surface area contributed by atoms with Crippen LogP contribution in [0.5, 0.6) is 0 Å². The van der Waals surface area contributed by atoms with E-state index in [0.717, 1.165) is 12.0 Å². The number of nitrogens with zero attached hydrogens (tertiary/aromatic N) is 1. The highest BCUT2D eigenvalue weighted by molar-refractivity contribution is 5.75. The Morgan fingerprint density at radius 1 is 1.37 bits per heavy atom. The average molecular weight is 264 g/mol. The minimum atomic E-state index is -0.930. The lowest BCUT2D eigenvalue weighted by atomic mass is 10.2. The number of rotatable bonds is 4. The van der Waals surface area contributed by atoms with Crippen LogP contribution in [0.1, 0.15) is 18.4 Å². The Balaban J connectivity index is 1.80. The van der Waals surface area contributed by atoms with Crippen LogP contribution in [0.3, 0.4) is 0 Å². The minimum absolute atomic E-state index is 0.165. The molecule has 2 rings (SSSR count). The summed E-state index contributed by atoms with van der Waals surface area (Å²) in [7, 11) is 0. The fourth-order valence-electron chi connectivity index (χ4n) is 2.03. The van der Waals surface area contributed by atoms with Crippen molar-refractivity contribution >= 4 is 12.1 Å². The predicted molar refractivity (Wildman–Crippen MR) is 67.1 cm³/mol. The van der Waals surface area contributed by atoms with Gasteiger partial charge < -0.3 is 9.84 Å². The van der Waals surface area contributed by atoms with Gasteiger partial charge in [-0.3, -0.25) is 10.2 Å². The van der Waals surface area contributed by atoms with E-state index >= 15 is 0 Å². The molecule has 1 heterocycles. The predicted octanol–water partition coefficient (Wildman–Crippen LogP) is 1.38. The van der Waals surface area contributed by atoms with Crippen LogP contribution < -0.4 is 5.43 Å². The summed E-state index contributed by atoms with van der Waals surface area (Å²) in [5, 5.41) is 10.4. The highest BCUT2D eigenvalue weighted by Crippen LogP contribution is 2.14. The van der Waals surface area contributed by atoms with Crippen molar-refractivity contribution in [3.05, 3.63) is 35.9 Å². The van der Waals surface area contributed by atoms with Crippen LogP contribution in [0.4, 0.5) is 4.79 Å². The molecule has 0 aromatic heterocycles. The number of carbonyl (C=O) groups excluding carboxylic acids is 1. The topological polar surface area (TPSA) is 78.9 Å². The molecule has 1 aliphatic heterocycles. The van der Waals surface area contributed by atoms with Crippen LogP contribution in [0, 0.1) is 0 Å². The van der Waals surface area contributed by atoms with Crippen molar-refractivity contribution in [3.8, 4) is 0 Å². The van der Waals surface area contributed by atoms with E-state index in [-0.39, 0.29) is 6.61 Å². The van der Waals surface area contributed by atoms with E-state index < -0.39 is 18.1 Å². The number of hydrazine groups is 1. The summed E-state index contributed by atoms with van der Waals surface area (Å²) in [5.74, 6) is -0.930. The van der Waals surface area contributed by atoms with Gasteiger partial charge in [0, 0.05) is 6.54 Å². The maximum atomic E-state index is 11.6. The molecule has 0 aliphatic carbocycles. The second kappa shape index (κ2) is 6.19. The van der Waals surface area contributed by atoms with Gasteiger partial charge in [0.25, 0.3) is 0 Å². The average Bonchev–Trinajstić information content (AvgIpc) is 2.86. The largest absolute Gasteiger partial charge is 0.480 e. The highest BCUT2D eigenvalue weighted by Gasteiger charge is 2.31. The third kappa shape index (κ3) is 3.69. The Morgan fingerprint density at radius 2 is 2.11 bits per heavy atom. The second-order valence-corrected chi connectivity index (χ2v) is 4.36. The third-order valence-electron chi connectivity index (χ3n) is 2.99. The zero-order valence-corrected chi connectivity index (χ0v) is 10.4. The SMILES string of the molecule is O=C(NN1CCCC1C(=O)O)OCc1ccccc1. The van der Waals surface area contributed by atoms with E-state index in [4.69, 9.17) is 9.84 Å². The quantitative estimate of drug-likeness (QED) is 0.858. The van der Waals surface area contributed by atoms with Crippen LogP contribution in [-0.2, 0) is 16.1 Å². The molecule has 2 N–H and O–H groups in total. The monoisotopic (exact) mass is 264 g/mol. The standard InChI is InChI=1S/C13H16N2O4/c16-12(17)11-7-4-8-15(11)14-13(18)19-9-10-5-2-1-3-6-10/h1-3,5-6,11H,4,7-9H2,(H,14,18)(H,16,17). The van der Waals surface area contributed by atoms with E-state index in [1.807, 2.05) is 30.3 Å². The summed E-state index contributed by atoms with van der Waals surface area (Å²) in [6.07, 6.45) is 0.654. The summed E-state index contributed by atoms with van der Waals surface area (Å²) in [6, 6.07) is 8.64. The Kier molecular flexibility index (Phi) is 4.35. The summed E-state index contributed by atoms with van der Waals surface area (Å²) in [6.45, 7) is 0.690. The first-order valence-electron chi connectivity index (χ1n) is 6.13. The number of carboxylic acids is 1. The van der Waals surface area contributed by atoms with E-state index in [1.165, 1.54) is 5.01 Å². The maximum absolute atomic E-state index is 11.6. The summed E-state index contributed by atoms with van der Waals surface area (Å²) >= 11 is 0. The fourth-order valence-corrected chi connectivity index (χ4v) is 2.03. The Morgan fingerprint density at radius 3 is 2.79 bits per heavy atom. The van der Waals surface area contributed by atoms with Crippen LogP contribution in [0.2, 0.25) is 0 Å². The Bertz CT molecular complexity index is 449. The second-order valence-electron chi connectivity index (χ2n) is 4.36. The number of ether oxygens (including phenoxy) is 1. The molecule has 102 valence electrons. The highest BCUT2D eigenvalue weighted by atomic mass is 16.6. The number of aliphatic carboxylic acids is 1. The number of hydrogen-bond donors (Lipinski definition) is 2. The molecule has 1 saturated heterocycles. The maximum Gasteiger partial charge on any atom is 0.422 e. The van der Waals surface area contributed by atoms with E-state index in [0.29, 0.717) is 13.0 Å². The molecule has 6 heteroatoms. The molecular weight excluding hydrogens is 248 g/mol. The minimum Gasteiger partial charge on any atom is -0.480 e. The number of nitrogens with one attached hydrogen (secondary N) is 1. The van der Waals surface area contributed by atoms with Crippen molar-refractivity contribution in [2.45, 2.75) is 25.5 Å². The smallest absolute Gasteiger partial charge is 0.422 e. The summed E-state index contributed by atoms with van der Waals surface area (Å²) in [4.78, 5) is 22.5. The lowest BCUT2D eigenvalue weighted by molar-refractivity contribution is -0.142. The van der Waals surface area contributed by atoms with Gasteiger partial charge in [0.1, 0.15) is 12.6 Å². The molecule has 1 aliphatic rings. The van der Waals surface area contributed by atoms with Gasteiger partial charge in [0.15, 0.2) is 0 Å². The lowest BCUT2D eigenvalue weighted by Crippen LogP contribution is -2.48. The number of benzene rings is 1. The molecule has 6 nitrogen and oxygen atoms in total. The molecule has 0 saturated carbocycles. The lowest BCUT2D eigenvalue weighted by Gasteiger charge is -2.21. The molecule has 1 aromatic rings. The summed E-state index contributed by atoms with van der Waals surface area (Å²) < 4.78 is 5.03. The van der Waals surface area contributed by atoms with Crippen molar-refractivity contribution in [3.63, 3.8) is 0 Å². The van der Waals surface area contributed by atoms with Gasteiger partial charge in [0.05, 0.1) is 0 Å². The Labute approximate surface area is 110 Å². The van der Waals surface area contributed by atoms with Gasteiger partial charge >= 0.3 is 12.1 Å². The molecule has 1 atom stereocenters. The van der Waals surface area contributed by atoms with Crippen LogP contribution in [0.15, 0.2) is 30.3 Å². The zero-order chi connectivity index (χ0) is 13.7. The molecule has 1 amide bonds. The number of hydrogen-bond acceptors (Lipinski definition) is 4. The number of amides is 1. The molecule has 19 heavy (non-hydrogen) atoms. The van der Waals surface area contributed by atoms with E-state index in [2.05, 4.69) is 5.43 Å². The van der Waals surface area contributed by atoms with Crippen LogP contribution in [-0.4, -0.2) is 34.8 Å². The van der Waals surface area contributed by atoms with Crippen molar-refractivity contribution in [2.75, 3.05) is 6.54 Å². The molecule has 0 bridgehead atoms. The number of carboxylic acid groups (broad SMARTS) is 1. The zero-order valence-electron chi connectivity index (χ0n) is 10.4. The van der Waals surface area contributed by atoms with Gasteiger partial charge in [-0.05, 0) is 18.4 Å². The van der Waals surface area contributed by atoms with Crippen LogP contribution in [0.25, 0.3) is 0 Å².